The van der Waals surface area contributed by atoms with Crippen LogP contribution >= 0.6 is 0 Å². The normalized spacial score (nSPS) is 29.7. The molecular weight excluding hydrogens is 528 g/mol. The molecule has 40 heavy (non-hydrogen) atoms. The van der Waals surface area contributed by atoms with E-state index in [0.717, 1.165) is 0 Å². The maximum Gasteiger partial charge on any atom is 0.352 e. The molecule has 5 N–H and O–H groups in total. The molecule has 0 aliphatic carbocycles. The zero-order valence-electron chi connectivity index (χ0n) is 21.0. The van der Waals surface area contributed by atoms with Crippen molar-refractivity contribution < 1.29 is 58.9 Å². The summed E-state index contributed by atoms with van der Waals surface area (Å²) < 4.78 is 20.6. The molecule has 1 heterocycles. The molecule has 4 rings (SSSR count). The van der Waals surface area contributed by atoms with Gasteiger partial charge in [-0.25, -0.2) is 14.4 Å². The minimum absolute atomic E-state index is 0.175. The third-order valence-electron chi connectivity index (χ3n) is 6.31. The highest BCUT2D eigenvalue weighted by Crippen LogP contribution is 2.51. The highest BCUT2D eigenvalue weighted by atomic mass is 16.8. The molecule has 12 nitrogen and oxygen atoms in total. The lowest BCUT2D eigenvalue weighted by Crippen LogP contribution is -2.86. The Labute approximate surface area is 227 Å². The summed E-state index contributed by atoms with van der Waals surface area (Å²) in [6, 6.07) is 20.9. The fraction of sp³-hybridized carbons (Fsp3) is 0.250. The Balaban J connectivity index is 1.88. The second-order valence-electron chi connectivity index (χ2n) is 9.02. The number of rotatable bonds is 7. The van der Waals surface area contributed by atoms with Crippen molar-refractivity contribution >= 4 is 17.9 Å². The first kappa shape index (κ1) is 28.8. The molecule has 0 amide bonds. The Kier molecular flexibility index (Phi) is 7.76. The molecule has 3 aromatic rings. The summed E-state index contributed by atoms with van der Waals surface area (Å²) in [4.78, 5) is 39.2. The summed E-state index contributed by atoms with van der Waals surface area (Å²) in [6.45, 7) is -0.559. The molecule has 1 saturated heterocycles. The van der Waals surface area contributed by atoms with Crippen LogP contribution < -0.4 is 0 Å². The van der Waals surface area contributed by atoms with E-state index >= 15 is 0 Å². The van der Waals surface area contributed by atoms with E-state index in [9.17, 15) is 39.9 Å². The van der Waals surface area contributed by atoms with Gasteiger partial charge in [-0.2, -0.15) is 0 Å². The first-order chi connectivity index (χ1) is 18.9. The van der Waals surface area contributed by atoms with Gasteiger partial charge in [-0.3, -0.25) is 0 Å². The molecule has 210 valence electrons. The van der Waals surface area contributed by atoms with Gasteiger partial charge in [-0.1, -0.05) is 54.6 Å². The van der Waals surface area contributed by atoms with Crippen LogP contribution in [0.25, 0.3) is 0 Å². The first-order valence-electron chi connectivity index (χ1n) is 11.9. The van der Waals surface area contributed by atoms with Crippen LogP contribution in [0.4, 0.5) is 0 Å². The number of esters is 3. The van der Waals surface area contributed by atoms with Crippen LogP contribution in [0, 0.1) is 0 Å². The number of aliphatic hydroxyl groups excluding tert-OH is 1. The summed E-state index contributed by atoms with van der Waals surface area (Å²) in [5.74, 6) is -18.9. The van der Waals surface area contributed by atoms with Crippen LogP contribution in [-0.4, -0.2) is 79.3 Å². The summed E-state index contributed by atoms with van der Waals surface area (Å²) in [5.41, 5.74) is -0.597. The highest BCUT2D eigenvalue weighted by molar-refractivity contribution is 5.91. The van der Waals surface area contributed by atoms with Crippen LogP contribution in [0.1, 0.15) is 38.0 Å². The molecule has 0 bridgehead atoms. The van der Waals surface area contributed by atoms with Crippen LogP contribution in [0.15, 0.2) is 91.0 Å². The minimum Gasteiger partial charge on any atom is -0.419 e. The van der Waals surface area contributed by atoms with Crippen molar-refractivity contribution in [3.63, 3.8) is 0 Å². The molecule has 0 unspecified atom stereocenters. The van der Waals surface area contributed by atoms with Crippen molar-refractivity contribution in [3.8, 4) is 0 Å². The van der Waals surface area contributed by atoms with Gasteiger partial charge in [0.15, 0.2) is 6.10 Å². The van der Waals surface area contributed by atoms with Gasteiger partial charge in [-0.05, 0) is 43.3 Å². The zero-order valence-corrected chi connectivity index (χ0v) is 21.0. The fourth-order valence-electron chi connectivity index (χ4n) is 4.12. The van der Waals surface area contributed by atoms with Gasteiger partial charge in [0.1, 0.15) is 0 Å². The van der Waals surface area contributed by atoms with E-state index in [1.54, 1.807) is 18.2 Å². The van der Waals surface area contributed by atoms with Gasteiger partial charge < -0.3 is 44.5 Å². The predicted octanol–water partition coefficient (Wildman–Crippen LogP) is 0.723. The van der Waals surface area contributed by atoms with Crippen molar-refractivity contribution in [1.82, 2.24) is 0 Å². The summed E-state index contributed by atoms with van der Waals surface area (Å²) in [5, 5.41) is 56.5. The van der Waals surface area contributed by atoms with E-state index in [1.807, 2.05) is 0 Å². The van der Waals surface area contributed by atoms with Crippen LogP contribution in [-0.2, 0) is 18.9 Å². The number of carbonyl (C=O) groups excluding carboxylic acids is 3. The van der Waals surface area contributed by atoms with E-state index in [2.05, 4.69) is 0 Å². The molecule has 5 atom stereocenters. The molecule has 0 spiro atoms. The van der Waals surface area contributed by atoms with Gasteiger partial charge in [-0.15, -0.1) is 0 Å². The predicted molar refractivity (Wildman–Crippen MR) is 133 cm³/mol. The summed E-state index contributed by atoms with van der Waals surface area (Å²) >= 11 is 0. The molecule has 12 heteroatoms. The standard InChI is InChI=1S/C28H26O12/c1-25(33)27(35,39-23(31)19-13-7-3-8-14-19)28(36,40-24(32)20-15-9-4-10-16-20)26(34,21(17-29)37-25)38-22(30)18-11-5-2-6-12-18/h2-16,21,29,33-36H,17H2,1H3/t21-,25+,26-,27-,28-/m1/s1. The summed E-state index contributed by atoms with van der Waals surface area (Å²) in [6.07, 6.45) is -2.26. The molecular formula is C28H26O12. The topological polar surface area (TPSA) is 189 Å². The summed E-state index contributed by atoms with van der Waals surface area (Å²) in [7, 11) is 0. The van der Waals surface area contributed by atoms with Gasteiger partial charge >= 0.3 is 35.3 Å². The lowest BCUT2D eigenvalue weighted by atomic mass is 9.82. The number of hydrogen-bond donors (Lipinski definition) is 5. The van der Waals surface area contributed by atoms with Crippen LogP contribution in [0.2, 0.25) is 0 Å². The molecule has 0 saturated carbocycles. The minimum atomic E-state index is -4.02. The number of benzene rings is 3. The lowest BCUT2D eigenvalue weighted by molar-refractivity contribution is -0.552. The largest absolute Gasteiger partial charge is 0.419 e. The highest BCUT2D eigenvalue weighted by Gasteiger charge is 2.84. The number of carbonyl (C=O) groups is 3. The van der Waals surface area contributed by atoms with Gasteiger partial charge in [0.25, 0.3) is 0 Å². The van der Waals surface area contributed by atoms with E-state index in [4.69, 9.17) is 18.9 Å². The van der Waals surface area contributed by atoms with Crippen molar-refractivity contribution in [2.45, 2.75) is 36.2 Å². The molecule has 1 aliphatic rings. The van der Waals surface area contributed by atoms with Gasteiger partial charge in [0, 0.05) is 0 Å². The number of hydrogen-bond acceptors (Lipinski definition) is 12. The van der Waals surface area contributed by atoms with E-state index in [0.29, 0.717) is 6.92 Å². The third-order valence-corrected chi connectivity index (χ3v) is 6.31. The van der Waals surface area contributed by atoms with E-state index < -0.39 is 53.8 Å². The molecule has 1 fully saturated rings. The molecule has 0 radical (unpaired) electrons. The Morgan fingerprint density at radius 3 is 1.38 bits per heavy atom. The zero-order chi connectivity index (χ0) is 29.2. The Bertz CT molecular complexity index is 1360. The molecule has 0 aromatic heterocycles. The first-order valence-corrected chi connectivity index (χ1v) is 11.9. The lowest BCUT2D eigenvalue weighted by Gasteiger charge is -2.58. The molecule has 3 aromatic carbocycles. The van der Waals surface area contributed by atoms with Crippen molar-refractivity contribution in [3.05, 3.63) is 108 Å². The third kappa shape index (κ3) is 4.84. The van der Waals surface area contributed by atoms with Crippen LogP contribution in [0.5, 0.6) is 0 Å². The van der Waals surface area contributed by atoms with E-state index in [-0.39, 0.29) is 16.7 Å². The quantitative estimate of drug-likeness (QED) is 0.157. The second-order valence-corrected chi connectivity index (χ2v) is 9.02. The maximum absolute atomic E-state index is 13.1. The Hall–Kier alpha value is -4.17. The number of aliphatic hydroxyl groups is 5. The van der Waals surface area contributed by atoms with Gasteiger partial charge in [0.05, 0.1) is 23.3 Å². The smallest absolute Gasteiger partial charge is 0.352 e. The molecule has 1 aliphatic heterocycles. The second kappa shape index (κ2) is 10.8. The monoisotopic (exact) mass is 554 g/mol. The fourth-order valence-corrected chi connectivity index (χ4v) is 4.12. The van der Waals surface area contributed by atoms with Crippen LogP contribution in [0.3, 0.4) is 0 Å². The Morgan fingerprint density at radius 2 is 1.00 bits per heavy atom. The van der Waals surface area contributed by atoms with Gasteiger partial charge in [0.2, 0.25) is 5.79 Å². The van der Waals surface area contributed by atoms with Crippen molar-refractivity contribution in [2.75, 3.05) is 6.61 Å². The van der Waals surface area contributed by atoms with E-state index in [1.165, 1.54) is 72.8 Å². The maximum atomic E-state index is 13.1. The van der Waals surface area contributed by atoms with Crippen molar-refractivity contribution in [2.24, 2.45) is 0 Å². The average Bonchev–Trinajstić information content (AvgIpc) is 2.96. The Morgan fingerprint density at radius 1 is 0.650 bits per heavy atom. The number of ether oxygens (including phenoxy) is 4. The SMILES string of the molecule is C[C@]1(O)O[C@H](CO)[C@@](O)(OC(=O)c2ccccc2)[C@@](O)(OC(=O)c2ccccc2)[C@]1(O)OC(=O)c1ccccc1. The average molecular weight is 555 g/mol. The van der Waals surface area contributed by atoms with Crippen molar-refractivity contribution in [1.29, 1.82) is 0 Å².